The number of carbonyl (C=O) groups excluding carboxylic acids is 3. The summed E-state index contributed by atoms with van der Waals surface area (Å²) in [6, 6.07) is 8.33. The maximum absolute atomic E-state index is 12.5. The number of nitrogens with zero attached hydrogens (tertiary/aromatic N) is 1. The minimum atomic E-state index is -0.688. The summed E-state index contributed by atoms with van der Waals surface area (Å²) in [5.74, 6) is -0.780. The first-order valence-corrected chi connectivity index (χ1v) is 9.56. The number of benzene rings is 1. The lowest BCUT2D eigenvalue weighted by atomic mass is 10.1. The predicted octanol–water partition coefficient (Wildman–Crippen LogP) is 2.48. The van der Waals surface area contributed by atoms with Crippen molar-refractivity contribution in [3.63, 3.8) is 0 Å². The largest absolute Gasteiger partial charge is 0.497 e. The van der Waals surface area contributed by atoms with Crippen LogP contribution in [0.1, 0.15) is 45.1 Å². The van der Waals surface area contributed by atoms with E-state index in [0.29, 0.717) is 23.5 Å². The third-order valence-corrected chi connectivity index (χ3v) is 4.74. The summed E-state index contributed by atoms with van der Waals surface area (Å²) in [7, 11) is 3.16. The molecular formula is C22H28N2O6. The number of methoxy groups -OCH3 is 2. The van der Waals surface area contributed by atoms with Gasteiger partial charge in [0, 0.05) is 29.6 Å². The first-order valence-electron chi connectivity index (χ1n) is 9.56. The normalized spacial score (nSPS) is 11.6. The number of rotatable bonds is 10. The maximum atomic E-state index is 12.5. The molecule has 30 heavy (non-hydrogen) atoms. The number of carbonyl (C=O) groups is 3. The van der Waals surface area contributed by atoms with E-state index in [1.807, 2.05) is 25.3 Å². The van der Waals surface area contributed by atoms with Crippen molar-refractivity contribution in [3.05, 3.63) is 52.8 Å². The quantitative estimate of drug-likeness (QED) is 0.472. The van der Waals surface area contributed by atoms with Gasteiger partial charge in [0.05, 0.1) is 19.8 Å². The van der Waals surface area contributed by atoms with Crippen LogP contribution in [0.15, 0.2) is 30.3 Å². The van der Waals surface area contributed by atoms with Crippen LogP contribution in [0.3, 0.4) is 0 Å². The van der Waals surface area contributed by atoms with Crippen LogP contribution in [-0.2, 0) is 14.3 Å². The van der Waals surface area contributed by atoms with E-state index < -0.39 is 11.9 Å². The summed E-state index contributed by atoms with van der Waals surface area (Å²) < 4.78 is 17.3. The van der Waals surface area contributed by atoms with Crippen LogP contribution in [0.25, 0.3) is 0 Å². The number of hydrogen-bond donors (Lipinski definition) is 1. The lowest BCUT2D eigenvalue weighted by Gasteiger charge is -2.17. The van der Waals surface area contributed by atoms with Crippen LogP contribution < -0.4 is 10.1 Å². The third-order valence-electron chi connectivity index (χ3n) is 4.74. The summed E-state index contributed by atoms with van der Waals surface area (Å²) in [6.07, 6.45) is 0. The van der Waals surface area contributed by atoms with Gasteiger partial charge in [0.25, 0.3) is 5.91 Å². The summed E-state index contributed by atoms with van der Waals surface area (Å²) in [5, 5.41) is 2.47. The van der Waals surface area contributed by atoms with E-state index in [1.54, 1.807) is 37.4 Å². The zero-order chi connectivity index (χ0) is 22.3. The van der Waals surface area contributed by atoms with Crippen LogP contribution in [-0.4, -0.2) is 56.2 Å². The maximum Gasteiger partial charge on any atom is 0.325 e. The van der Waals surface area contributed by atoms with Gasteiger partial charge in [0.15, 0.2) is 6.61 Å². The van der Waals surface area contributed by atoms with E-state index in [2.05, 4.69) is 5.32 Å². The Morgan fingerprint density at radius 2 is 1.77 bits per heavy atom. The second kappa shape index (κ2) is 10.6. The van der Waals surface area contributed by atoms with Crippen molar-refractivity contribution in [2.75, 3.05) is 34.0 Å². The molecule has 1 amide bonds. The SMILES string of the molecule is COCC(C)n1c(C)cc(C(=O)COC(=O)CNC(=O)c2ccc(OC)cc2)c1C. The fourth-order valence-electron chi connectivity index (χ4n) is 3.33. The molecule has 8 heteroatoms. The predicted molar refractivity (Wildman–Crippen MR) is 111 cm³/mol. The Labute approximate surface area is 176 Å². The lowest BCUT2D eigenvalue weighted by Crippen LogP contribution is -2.31. The highest BCUT2D eigenvalue weighted by atomic mass is 16.5. The zero-order valence-corrected chi connectivity index (χ0v) is 18.0. The summed E-state index contributed by atoms with van der Waals surface area (Å²) in [5.41, 5.74) is 2.62. The van der Waals surface area contributed by atoms with Crippen LogP contribution in [0.4, 0.5) is 0 Å². The number of amides is 1. The standard InChI is InChI=1S/C22H28N2O6/c1-14-10-19(16(3)24(14)15(2)12-28-4)20(25)13-30-21(26)11-23-22(27)17-6-8-18(29-5)9-7-17/h6-10,15H,11-13H2,1-5H3,(H,23,27). The van der Waals surface area contributed by atoms with Crippen LogP contribution >= 0.6 is 0 Å². The highest BCUT2D eigenvalue weighted by Gasteiger charge is 2.20. The number of nitrogens with one attached hydrogen (secondary N) is 1. The lowest BCUT2D eigenvalue weighted by molar-refractivity contribution is -0.141. The van der Waals surface area contributed by atoms with E-state index >= 15 is 0 Å². The number of aromatic nitrogens is 1. The molecule has 1 N–H and O–H groups in total. The van der Waals surface area contributed by atoms with E-state index in [4.69, 9.17) is 14.2 Å². The fourth-order valence-corrected chi connectivity index (χ4v) is 3.33. The van der Waals surface area contributed by atoms with Crippen molar-refractivity contribution >= 4 is 17.7 Å². The molecule has 1 unspecified atom stereocenters. The third kappa shape index (κ3) is 5.70. The Bertz CT molecular complexity index is 901. The van der Waals surface area contributed by atoms with Gasteiger partial charge in [0.1, 0.15) is 12.3 Å². The second-order valence-electron chi connectivity index (χ2n) is 6.95. The number of ether oxygens (including phenoxy) is 3. The number of ketones is 1. The molecule has 0 fully saturated rings. The Balaban J connectivity index is 1.88. The monoisotopic (exact) mass is 416 g/mol. The molecule has 0 aliphatic rings. The molecule has 1 aromatic carbocycles. The number of esters is 1. The molecule has 1 aromatic heterocycles. The van der Waals surface area contributed by atoms with E-state index in [1.165, 1.54) is 7.11 Å². The first kappa shape index (κ1) is 23.2. The smallest absolute Gasteiger partial charge is 0.325 e. The summed E-state index contributed by atoms with van der Waals surface area (Å²) in [4.78, 5) is 36.5. The van der Waals surface area contributed by atoms with Gasteiger partial charge in [-0.2, -0.15) is 0 Å². The molecule has 162 valence electrons. The van der Waals surface area contributed by atoms with Crippen LogP contribution in [0, 0.1) is 13.8 Å². The minimum absolute atomic E-state index is 0.0762. The van der Waals surface area contributed by atoms with Gasteiger partial charge < -0.3 is 24.1 Å². The Morgan fingerprint density at radius 1 is 1.10 bits per heavy atom. The molecule has 0 aliphatic carbocycles. The molecular weight excluding hydrogens is 388 g/mol. The Hall–Kier alpha value is -3.13. The van der Waals surface area contributed by atoms with Gasteiger partial charge in [-0.15, -0.1) is 0 Å². The highest BCUT2D eigenvalue weighted by molar-refractivity contribution is 6.00. The summed E-state index contributed by atoms with van der Waals surface area (Å²) in [6.45, 7) is 5.57. The van der Waals surface area contributed by atoms with Crippen molar-refractivity contribution in [1.82, 2.24) is 9.88 Å². The van der Waals surface area contributed by atoms with Crippen molar-refractivity contribution in [2.24, 2.45) is 0 Å². The summed E-state index contributed by atoms with van der Waals surface area (Å²) >= 11 is 0. The van der Waals surface area contributed by atoms with Crippen LogP contribution in [0.5, 0.6) is 5.75 Å². The van der Waals surface area contributed by atoms with Crippen molar-refractivity contribution < 1.29 is 28.6 Å². The molecule has 8 nitrogen and oxygen atoms in total. The highest BCUT2D eigenvalue weighted by Crippen LogP contribution is 2.21. The Morgan fingerprint density at radius 3 is 2.37 bits per heavy atom. The number of aryl methyl sites for hydroxylation is 1. The molecule has 0 bridgehead atoms. The second-order valence-corrected chi connectivity index (χ2v) is 6.95. The van der Waals surface area contributed by atoms with Crippen molar-refractivity contribution in [1.29, 1.82) is 0 Å². The Kier molecular flexibility index (Phi) is 8.17. The van der Waals surface area contributed by atoms with E-state index in [9.17, 15) is 14.4 Å². The minimum Gasteiger partial charge on any atom is -0.497 e. The van der Waals surface area contributed by atoms with Gasteiger partial charge in [-0.05, 0) is 51.1 Å². The first-order chi connectivity index (χ1) is 14.3. The zero-order valence-electron chi connectivity index (χ0n) is 18.0. The van der Waals surface area contributed by atoms with Gasteiger partial charge >= 0.3 is 5.97 Å². The van der Waals surface area contributed by atoms with E-state index in [-0.39, 0.29) is 25.0 Å². The molecule has 1 atom stereocenters. The molecule has 0 aliphatic heterocycles. The van der Waals surface area contributed by atoms with E-state index in [0.717, 1.165) is 11.4 Å². The number of Topliss-reactive ketones (excluding diaryl/α,β-unsaturated/α-hetero) is 1. The molecule has 0 saturated heterocycles. The van der Waals surface area contributed by atoms with Crippen molar-refractivity contribution in [2.45, 2.75) is 26.8 Å². The fraction of sp³-hybridized carbons (Fsp3) is 0.409. The molecule has 2 rings (SSSR count). The van der Waals surface area contributed by atoms with Crippen molar-refractivity contribution in [3.8, 4) is 5.75 Å². The molecule has 0 spiro atoms. The number of hydrogen-bond acceptors (Lipinski definition) is 6. The van der Waals surface area contributed by atoms with Gasteiger partial charge in [0.2, 0.25) is 5.78 Å². The molecule has 0 radical (unpaired) electrons. The average Bonchev–Trinajstić information content (AvgIpc) is 3.04. The molecule has 2 aromatic rings. The average molecular weight is 416 g/mol. The van der Waals surface area contributed by atoms with Gasteiger partial charge in [-0.1, -0.05) is 0 Å². The molecule has 1 heterocycles. The molecule has 0 saturated carbocycles. The van der Waals surface area contributed by atoms with Crippen LogP contribution in [0.2, 0.25) is 0 Å². The van der Waals surface area contributed by atoms with Gasteiger partial charge in [-0.3, -0.25) is 14.4 Å². The topological polar surface area (TPSA) is 95.9 Å². The van der Waals surface area contributed by atoms with Gasteiger partial charge in [-0.25, -0.2) is 0 Å².